The van der Waals surface area contributed by atoms with Gasteiger partial charge in [-0.1, -0.05) is 60.7 Å². The summed E-state index contributed by atoms with van der Waals surface area (Å²) >= 11 is 5.72. The molecule has 2 aromatic carbocycles. The summed E-state index contributed by atoms with van der Waals surface area (Å²) in [7, 11) is 0. The first-order chi connectivity index (χ1) is 9.85. The molecule has 0 N–H and O–H groups in total. The van der Waals surface area contributed by atoms with Crippen molar-refractivity contribution in [3.63, 3.8) is 0 Å². The molecular formula is C16H14ClN3. The molecule has 4 heteroatoms. The summed E-state index contributed by atoms with van der Waals surface area (Å²) in [6.07, 6.45) is 0. The monoisotopic (exact) mass is 283 g/mol. The number of aliphatic imine (C=N–C) groups is 3. The predicted octanol–water partition coefficient (Wildman–Crippen LogP) is 3.78. The molecule has 0 amide bonds. The third-order valence-electron chi connectivity index (χ3n) is 2.64. The van der Waals surface area contributed by atoms with E-state index in [1.165, 1.54) is 0 Å². The topological polar surface area (TPSA) is 37.1 Å². The predicted molar refractivity (Wildman–Crippen MR) is 86.2 cm³/mol. The van der Waals surface area contributed by atoms with Gasteiger partial charge in [0.25, 0.3) is 0 Å². The highest BCUT2D eigenvalue weighted by Gasteiger charge is 2.05. The molecule has 0 bridgehead atoms. The zero-order valence-electron chi connectivity index (χ0n) is 10.9. The van der Waals surface area contributed by atoms with Crippen LogP contribution in [0.5, 0.6) is 0 Å². The van der Waals surface area contributed by atoms with Crippen molar-refractivity contribution in [3.05, 3.63) is 71.8 Å². The molecule has 0 radical (unpaired) electrons. The van der Waals surface area contributed by atoms with Crippen LogP contribution in [-0.4, -0.2) is 24.4 Å². The smallest absolute Gasteiger partial charge is 0.161 e. The average molecular weight is 284 g/mol. The molecular weight excluding hydrogens is 270 g/mol. The molecule has 0 aliphatic rings. The zero-order chi connectivity index (χ0) is 14.2. The van der Waals surface area contributed by atoms with Gasteiger partial charge in [-0.15, -0.1) is 11.6 Å². The van der Waals surface area contributed by atoms with Crippen LogP contribution >= 0.6 is 11.6 Å². The minimum atomic E-state index is 0.146. The Labute approximate surface area is 123 Å². The van der Waals surface area contributed by atoms with Gasteiger partial charge in [0.15, 0.2) is 11.7 Å². The van der Waals surface area contributed by atoms with E-state index in [0.717, 1.165) is 11.1 Å². The van der Waals surface area contributed by atoms with E-state index in [1.54, 1.807) is 0 Å². The molecule has 100 valence electrons. The van der Waals surface area contributed by atoms with E-state index in [9.17, 15) is 0 Å². The number of hydrogen-bond acceptors (Lipinski definition) is 1. The van der Waals surface area contributed by atoms with Crippen molar-refractivity contribution >= 4 is 30.0 Å². The summed E-state index contributed by atoms with van der Waals surface area (Å²) in [5.74, 6) is 1.07. The van der Waals surface area contributed by atoms with E-state index in [1.807, 2.05) is 60.7 Å². The van der Waals surface area contributed by atoms with Crippen LogP contribution in [0.4, 0.5) is 0 Å². The lowest BCUT2D eigenvalue weighted by atomic mass is 10.2. The number of benzene rings is 2. The van der Waals surface area contributed by atoms with Crippen LogP contribution < -0.4 is 0 Å². The molecule has 0 fully saturated rings. The quantitative estimate of drug-likeness (QED) is 0.356. The molecule has 0 atom stereocenters. The zero-order valence-corrected chi connectivity index (χ0v) is 11.7. The van der Waals surface area contributed by atoms with E-state index in [4.69, 9.17) is 11.6 Å². The molecule has 2 rings (SSSR count). The second-order valence-electron chi connectivity index (χ2n) is 3.93. The number of amidine groups is 2. The highest BCUT2D eigenvalue weighted by molar-refractivity contribution is 6.19. The Balaban J connectivity index is 2.43. The van der Waals surface area contributed by atoms with Gasteiger partial charge in [-0.25, -0.2) is 15.0 Å². The first kappa shape index (κ1) is 14.2. The van der Waals surface area contributed by atoms with E-state index in [0.29, 0.717) is 11.7 Å². The molecule has 0 aliphatic heterocycles. The third-order valence-corrected chi connectivity index (χ3v) is 2.75. The Kier molecular flexibility index (Phi) is 5.21. The van der Waals surface area contributed by atoms with Crippen LogP contribution in [0.25, 0.3) is 0 Å². The van der Waals surface area contributed by atoms with Crippen molar-refractivity contribution in [1.29, 1.82) is 0 Å². The van der Waals surface area contributed by atoms with Crippen LogP contribution in [0.3, 0.4) is 0 Å². The maximum absolute atomic E-state index is 5.72. The molecule has 0 saturated carbocycles. The number of alkyl halides is 1. The van der Waals surface area contributed by atoms with Gasteiger partial charge >= 0.3 is 0 Å². The Morgan fingerprint density at radius 2 is 1.35 bits per heavy atom. The van der Waals surface area contributed by atoms with Crippen molar-refractivity contribution in [2.45, 2.75) is 0 Å². The van der Waals surface area contributed by atoms with E-state index in [-0.39, 0.29) is 6.00 Å². The van der Waals surface area contributed by atoms with E-state index < -0.39 is 0 Å². The molecule has 20 heavy (non-hydrogen) atoms. The molecule has 0 aliphatic carbocycles. The standard InChI is InChI=1S/C16H14ClN3/c1-18-15(13-8-4-2-5-9-13)20-16(19-12-17)14-10-6-3-7-11-14/h2-11H,1,12H2/b19-16-,20-15?. The van der Waals surface area contributed by atoms with Crippen molar-refractivity contribution < 1.29 is 0 Å². The Bertz CT molecular complexity index is 619. The van der Waals surface area contributed by atoms with Crippen molar-refractivity contribution in [3.8, 4) is 0 Å². The second kappa shape index (κ2) is 7.36. The molecule has 3 nitrogen and oxygen atoms in total. The minimum absolute atomic E-state index is 0.146. The van der Waals surface area contributed by atoms with Gasteiger partial charge in [0, 0.05) is 11.1 Å². The molecule has 0 saturated heterocycles. The van der Waals surface area contributed by atoms with E-state index in [2.05, 4.69) is 21.7 Å². The molecule has 2 aromatic rings. The molecule has 0 heterocycles. The van der Waals surface area contributed by atoms with Crippen molar-refractivity contribution in [1.82, 2.24) is 0 Å². The summed E-state index contributed by atoms with van der Waals surface area (Å²) in [4.78, 5) is 12.7. The maximum Gasteiger partial charge on any atom is 0.161 e. The lowest BCUT2D eigenvalue weighted by molar-refractivity contribution is 1.32. The lowest BCUT2D eigenvalue weighted by Crippen LogP contribution is -2.04. The van der Waals surface area contributed by atoms with Crippen molar-refractivity contribution in [2.24, 2.45) is 15.0 Å². The van der Waals surface area contributed by atoms with Gasteiger partial charge in [0.2, 0.25) is 0 Å². The highest BCUT2D eigenvalue weighted by Crippen LogP contribution is 2.08. The van der Waals surface area contributed by atoms with Gasteiger partial charge < -0.3 is 0 Å². The summed E-state index contributed by atoms with van der Waals surface area (Å²) in [5, 5.41) is 0. The SMILES string of the molecule is C=NC(=N/C(=N\CCl)c1ccccc1)c1ccccc1. The van der Waals surface area contributed by atoms with Crippen LogP contribution in [0, 0.1) is 0 Å². The summed E-state index contributed by atoms with van der Waals surface area (Å²) in [5.41, 5.74) is 1.78. The summed E-state index contributed by atoms with van der Waals surface area (Å²) in [6.45, 7) is 3.58. The minimum Gasteiger partial charge on any atom is -0.250 e. The van der Waals surface area contributed by atoms with Crippen LogP contribution in [0.2, 0.25) is 0 Å². The number of halogens is 1. The number of hydrogen-bond donors (Lipinski definition) is 0. The largest absolute Gasteiger partial charge is 0.250 e. The summed E-state index contributed by atoms with van der Waals surface area (Å²) in [6, 6.07) is 19.5. The second-order valence-corrected chi connectivity index (χ2v) is 4.17. The van der Waals surface area contributed by atoms with Gasteiger partial charge in [0.05, 0.1) is 0 Å². The normalized spacial score (nSPS) is 12.2. The highest BCUT2D eigenvalue weighted by atomic mass is 35.5. The first-order valence-electron chi connectivity index (χ1n) is 6.12. The van der Waals surface area contributed by atoms with Crippen LogP contribution in [-0.2, 0) is 0 Å². The number of nitrogens with zero attached hydrogens (tertiary/aromatic N) is 3. The molecule has 0 spiro atoms. The van der Waals surface area contributed by atoms with Crippen molar-refractivity contribution in [2.75, 3.05) is 6.00 Å². The van der Waals surface area contributed by atoms with Crippen LogP contribution in [0.15, 0.2) is 75.6 Å². The van der Waals surface area contributed by atoms with Gasteiger partial charge in [0.1, 0.15) is 6.00 Å². The fourth-order valence-corrected chi connectivity index (χ4v) is 1.83. The fourth-order valence-electron chi connectivity index (χ4n) is 1.71. The van der Waals surface area contributed by atoms with Gasteiger partial charge in [-0.05, 0) is 6.72 Å². The maximum atomic E-state index is 5.72. The molecule has 0 aromatic heterocycles. The van der Waals surface area contributed by atoms with Crippen LogP contribution in [0.1, 0.15) is 11.1 Å². The Hall–Kier alpha value is -2.26. The van der Waals surface area contributed by atoms with E-state index >= 15 is 0 Å². The fraction of sp³-hybridized carbons (Fsp3) is 0.0625. The van der Waals surface area contributed by atoms with Gasteiger partial charge in [-0.3, -0.25) is 0 Å². The van der Waals surface area contributed by atoms with Gasteiger partial charge in [-0.2, -0.15) is 0 Å². The average Bonchev–Trinajstić information content (AvgIpc) is 2.53. The summed E-state index contributed by atoms with van der Waals surface area (Å²) < 4.78 is 0. The molecule has 0 unspecified atom stereocenters. The first-order valence-corrected chi connectivity index (χ1v) is 6.65. The Morgan fingerprint density at radius 3 is 1.80 bits per heavy atom. The number of rotatable bonds is 3. The Morgan fingerprint density at radius 1 is 0.850 bits per heavy atom. The lowest BCUT2D eigenvalue weighted by Gasteiger charge is -2.04. The third kappa shape index (κ3) is 3.62.